The van der Waals surface area contributed by atoms with Gasteiger partial charge in [-0.1, -0.05) is 12.1 Å². The van der Waals surface area contributed by atoms with Crippen molar-refractivity contribution in [3.8, 4) is 17.2 Å². The molecule has 2 aromatic rings. The van der Waals surface area contributed by atoms with Crippen LogP contribution < -0.4 is 19.5 Å². The maximum Gasteiger partial charge on any atom is 0.228 e. The fourth-order valence-electron chi connectivity index (χ4n) is 2.64. The van der Waals surface area contributed by atoms with Gasteiger partial charge in [-0.25, -0.2) is 0 Å². The molecule has 5 heteroatoms. The van der Waals surface area contributed by atoms with Crippen LogP contribution in [-0.2, 0) is 17.6 Å². The maximum absolute atomic E-state index is 12.3. The van der Waals surface area contributed by atoms with Crippen LogP contribution in [0.4, 0.5) is 5.69 Å². The number of ether oxygens (including phenoxy) is 3. The van der Waals surface area contributed by atoms with E-state index in [9.17, 15) is 4.79 Å². The zero-order valence-corrected chi connectivity index (χ0v) is 13.2. The van der Waals surface area contributed by atoms with Gasteiger partial charge in [-0.2, -0.15) is 0 Å². The van der Waals surface area contributed by atoms with Gasteiger partial charge in [0.1, 0.15) is 17.2 Å². The topological polar surface area (TPSA) is 56.8 Å². The first kappa shape index (κ1) is 15.2. The van der Waals surface area contributed by atoms with E-state index in [1.54, 1.807) is 32.4 Å². The van der Waals surface area contributed by atoms with E-state index in [0.29, 0.717) is 30.2 Å². The first-order valence-electron chi connectivity index (χ1n) is 7.46. The Kier molecular flexibility index (Phi) is 4.37. The molecular formula is C18H19NO4. The Labute approximate surface area is 135 Å². The van der Waals surface area contributed by atoms with E-state index >= 15 is 0 Å². The highest BCUT2D eigenvalue weighted by Crippen LogP contribution is 2.29. The van der Waals surface area contributed by atoms with Crippen molar-refractivity contribution < 1.29 is 19.0 Å². The standard InChI is InChI=1S/C18H19NO4/c1-21-14-4-6-17(22-2)15(11-14)19-18(20)10-12-3-5-16-13(9-12)7-8-23-16/h3-6,9,11H,7-8,10H2,1-2H3,(H,19,20). The van der Waals surface area contributed by atoms with Crippen molar-refractivity contribution in [2.75, 3.05) is 26.1 Å². The Balaban J connectivity index is 1.72. The lowest BCUT2D eigenvalue weighted by molar-refractivity contribution is -0.115. The summed E-state index contributed by atoms with van der Waals surface area (Å²) in [6, 6.07) is 11.2. The fourth-order valence-corrected chi connectivity index (χ4v) is 2.64. The zero-order valence-electron chi connectivity index (χ0n) is 13.2. The Morgan fingerprint density at radius 1 is 1.17 bits per heavy atom. The van der Waals surface area contributed by atoms with E-state index in [1.807, 2.05) is 18.2 Å². The van der Waals surface area contributed by atoms with Crippen LogP contribution in [-0.4, -0.2) is 26.7 Å². The molecule has 120 valence electrons. The first-order valence-corrected chi connectivity index (χ1v) is 7.46. The minimum absolute atomic E-state index is 0.101. The zero-order chi connectivity index (χ0) is 16.2. The number of hydrogen-bond acceptors (Lipinski definition) is 4. The van der Waals surface area contributed by atoms with Gasteiger partial charge in [-0.15, -0.1) is 0 Å². The van der Waals surface area contributed by atoms with Crippen LogP contribution in [0.3, 0.4) is 0 Å². The summed E-state index contributed by atoms with van der Waals surface area (Å²) in [5.41, 5.74) is 2.73. The molecule has 1 N–H and O–H groups in total. The molecule has 0 spiro atoms. The van der Waals surface area contributed by atoms with Crippen molar-refractivity contribution >= 4 is 11.6 Å². The molecule has 0 atom stereocenters. The van der Waals surface area contributed by atoms with E-state index in [4.69, 9.17) is 14.2 Å². The van der Waals surface area contributed by atoms with Crippen molar-refractivity contribution in [2.24, 2.45) is 0 Å². The Morgan fingerprint density at radius 3 is 2.83 bits per heavy atom. The molecule has 0 saturated heterocycles. The van der Waals surface area contributed by atoms with E-state index in [2.05, 4.69) is 5.32 Å². The summed E-state index contributed by atoms with van der Waals surface area (Å²) < 4.78 is 15.9. The predicted octanol–water partition coefficient (Wildman–Crippen LogP) is 2.82. The van der Waals surface area contributed by atoms with Crippen LogP contribution in [0, 0.1) is 0 Å². The molecule has 0 radical (unpaired) electrons. The van der Waals surface area contributed by atoms with Gasteiger partial charge in [0, 0.05) is 12.5 Å². The van der Waals surface area contributed by atoms with Crippen LogP contribution in [0.15, 0.2) is 36.4 Å². The third-order valence-electron chi connectivity index (χ3n) is 3.80. The monoisotopic (exact) mass is 313 g/mol. The minimum Gasteiger partial charge on any atom is -0.497 e. The number of anilines is 1. The van der Waals surface area contributed by atoms with Gasteiger partial charge < -0.3 is 19.5 Å². The van der Waals surface area contributed by atoms with Gasteiger partial charge in [0.2, 0.25) is 5.91 Å². The summed E-state index contributed by atoms with van der Waals surface area (Å²) >= 11 is 0. The second-order valence-electron chi connectivity index (χ2n) is 5.33. The summed E-state index contributed by atoms with van der Waals surface area (Å²) in [5.74, 6) is 2.08. The Morgan fingerprint density at radius 2 is 2.04 bits per heavy atom. The molecule has 0 unspecified atom stereocenters. The smallest absolute Gasteiger partial charge is 0.228 e. The summed E-state index contributed by atoms with van der Waals surface area (Å²) in [4.78, 5) is 12.3. The SMILES string of the molecule is COc1ccc(OC)c(NC(=O)Cc2ccc3c(c2)CCO3)c1. The number of carbonyl (C=O) groups is 1. The lowest BCUT2D eigenvalue weighted by Crippen LogP contribution is -2.15. The largest absolute Gasteiger partial charge is 0.497 e. The molecule has 1 aliphatic heterocycles. The molecule has 0 bridgehead atoms. The Bertz CT molecular complexity index is 727. The highest BCUT2D eigenvalue weighted by atomic mass is 16.5. The van der Waals surface area contributed by atoms with Crippen LogP contribution in [0.25, 0.3) is 0 Å². The molecule has 5 nitrogen and oxygen atoms in total. The van der Waals surface area contributed by atoms with E-state index in [0.717, 1.165) is 23.3 Å². The summed E-state index contributed by atoms with van der Waals surface area (Å²) in [6.07, 6.45) is 1.20. The average Bonchev–Trinajstić information content (AvgIpc) is 3.02. The van der Waals surface area contributed by atoms with Gasteiger partial charge >= 0.3 is 0 Å². The Hall–Kier alpha value is -2.69. The molecule has 3 rings (SSSR count). The number of carbonyl (C=O) groups excluding carboxylic acids is 1. The number of hydrogen-bond donors (Lipinski definition) is 1. The average molecular weight is 313 g/mol. The minimum atomic E-state index is -0.101. The molecule has 0 fully saturated rings. The van der Waals surface area contributed by atoms with Gasteiger partial charge in [-0.3, -0.25) is 4.79 Å². The van der Waals surface area contributed by atoms with Crippen LogP contribution >= 0.6 is 0 Å². The summed E-state index contributed by atoms with van der Waals surface area (Å²) in [5, 5.41) is 2.88. The molecule has 2 aromatic carbocycles. The number of rotatable bonds is 5. The second-order valence-corrected chi connectivity index (χ2v) is 5.33. The third-order valence-corrected chi connectivity index (χ3v) is 3.80. The van der Waals surface area contributed by atoms with Crippen molar-refractivity contribution in [1.82, 2.24) is 0 Å². The predicted molar refractivity (Wildman–Crippen MR) is 87.5 cm³/mol. The molecular weight excluding hydrogens is 294 g/mol. The summed E-state index contributed by atoms with van der Waals surface area (Å²) in [7, 11) is 3.15. The van der Waals surface area contributed by atoms with Gasteiger partial charge in [0.15, 0.2) is 0 Å². The van der Waals surface area contributed by atoms with Crippen molar-refractivity contribution in [1.29, 1.82) is 0 Å². The first-order chi connectivity index (χ1) is 11.2. The molecule has 23 heavy (non-hydrogen) atoms. The van der Waals surface area contributed by atoms with E-state index in [1.165, 1.54) is 0 Å². The number of methoxy groups -OCH3 is 2. The molecule has 0 aromatic heterocycles. The summed E-state index contributed by atoms with van der Waals surface area (Å²) in [6.45, 7) is 0.714. The number of amides is 1. The number of benzene rings is 2. The second kappa shape index (κ2) is 6.60. The number of fused-ring (bicyclic) bond motifs is 1. The van der Waals surface area contributed by atoms with Gasteiger partial charge in [-0.05, 0) is 29.3 Å². The molecule has 1 heterocycles. The molecule has 0 saturated carbocycles. The fraction of sp³-hybridized carbons (Fsp3) is 0.278. The highest BCUT2D eigenvalue weighted by molar-refractivity contribution is 5.94. The molecule has 1 aliphatic rings. The quantitative estimate of drug-likeness (QED) is 0.922. The normalized spacial score (nSPS) is 12.3. The molecule has 0 aliphatic carbocycles. The highest BCUT2D eigenvalue weighted by Gasteiger charge is 2.14. The lowest BCUT2D eigenvalue weighted by Gasteiger charge is -2.12. The van der Waals surface area contributed by atoms with Crippen molar-refractivity contribution in [2.45, 2.75) is 12.8 Å². The van der Waals surface area contributed by atoms with Crippen LogP contribution in [0.5, 0.6) is 17.2 Å². The number of nitrogens with one attached hydrogen (secondary N) is 1. The molecule has 1 amide bonds. The van der Waals surface area contributed by atoms with E-state index < -0.39 is 0 Å². The van der Waals surface area contributed by atoms with E-state index in [-0.39, 0.29) is 5.91 Å². The van der Waals surface area contributed by atoms with Crippen LogP contribution in [0.2, 0.25) is 0 Å². The third kappa shape index (κ3) is 3.39. The maximum atomic E-state index is 12.3. The van der Waals surface area contributed by atoms with Crippen LogP contribution in [0.1, 0.15) is 11.1 Å². The lowest BCUT2D eigenvalue weighted by atomic mass is 10.1. The van der Waals surface area contributed by atoms with Crippen molar-refractivity contribution in [3.05, 3.63) is 47.5 Å². The van der Waals surface area contributed by atoms with Crippen molar-refractivity contribution in [3.63, 3.8) is 0 Å². The van der Waals surface area contributed by atoms with Gasteiger partial charge in [0.05, 0.1) is 32.9 Å². The van der Waals surface area contributed by atoms with Gasteiger partial charge in [0.25, 0.3) is 0 Å².